The smallest absolute Gasteiger partial charge is 0.317 e. The number of furan rings is 1. The topological polar surface area (TPSA) is 61.2 Å². The van der Waals surface area contributed by atoms with Crippen LogP contribution in [0.2, 0.25) is 0 Å². The third kappa shape index (κ3) is 4.19. The molecule has 7 heteroatoms. The molecule has 1 aromatic carbocycles. The summed E-state index contributed by atoms with van der Waals surface area (Å²) in [5.74, 6) is 0.765. The van der Waals surface area contributed by atoms with E-state index in [2.05, 4.69) is 39.4 Å². The number of carbonyl (C=O) groups is 1. The van der Waals surface area contributed by atoms with Crippen LogP contribution in [0.15, 0.2) is 47.1 Å². The zero-order chi connectivity index (χ0) is 18.5. The Bertz CT molecular complexity index is 735. The van der Waals surface area contributed by atoms with Crippen molar-refractivity contribution in [3.05, 3.63) is 48.4 Å². The Morgan fingerprint density at radius 1 is 0.889 bits per heavy atom. The van der Waals surface area contributed by atoms with Gasteiger partial charge >= 0.3 is 6.03 Å². The number of rotatable bonds is 4. The van der Waals surface area contributed by atoms with Gasteiger partial charge in [-0.3, -0.25) is 0 Å². The number of piperazine rings is 1. The second-order valence-corrected chi connectivity index (χ2v) is 6.80. The molecule has 1 aromatic heterocycles. The average Bonchev–Trinajstić information content (AvgIpc) is 3.26. The third-order valence-corrected chi connectivity index (χ3v) is 5.14. The zero-order valence-corrected chi connectivity index (χ0v) is 15.5. The standard InChI is InChI=1S/C20H26N4O3/c25-20(21-16-17-4-3-13-27-17)24-9-7-22(8-10-24)18-5-1-2-6-19(18)23-11-14-26-15-12-23/h1-6,13H,7-12,14-16H2,(H,21,25). The van der Waals surface area contributed by atoms with Gasteiger partial charge in [0.05, 0.1) is 37.4 Å². The van der Waals surface area contributed by atoms with Crippen LogP contribution in [0.4, 0.5) is 16.2 Å². The normalized spacial score (nSPS) is 17.9. The van der Waals surface area contributed by atoms with Crippen molar-refractivity contribution >= 4 is 17.4 Å². The Balaban J connectivity index is 1.34. The molecule has 1 N–H and O–H groups in total. The summed E-state index contributed by atoms with van der Waals surface area (Å²) in [4.78, 5) is 19.0. The van der Waals surface area contributed by atoms with Crippen molar-refractivity contribution in [2.75, 3.05) is 62.3 Å². The van der Waals surface area contributed by atoms with Crippen LogP contribution in [0, 0.1) is 0 Å². The van der Waals surface area contributed by atoms with Gasteiger partial charge in [0, 0.05) is 39.3 Å². The van der Waals surface area contributed by atoms with E-state index in [4.69, 9.17) is 9.15 Å². The lowest BCUT2D eigenvalue weighted by atomic mass is 10.2. The predicted molar refractivity (Wildman–Crippen MR) is 104 cm³/mol. The number of para-hydroxylation sites is 2. The van der Waals surface area contributed by atoms with E-state index in [-0.39, 0.29) is 6.03 Å². The molecule has 0 bridgehead atoms. The van der Waals surface area contributed by atoms with Crippen LogP contribution in [0.5, 0.6) is 0 Å². The average molecular weight is 370 g/mol. The Kier molecular flexibility index (Phi) is 5.48. The number of anilines is 2. The van der Waals surface area contributed by atoms with Gasteiger partial charge in [-0.2, -0.15) is 0 Å². The second kappa shape index (κ2) is 8.35. The minimum Gasteiger partial charge on any atom is -0.467 e. The highest BCUT2D eigenvalue weighted by Gasteiger charge is 2.24. The highest BCUT2D eigenvalue weighted by molar-refractivity contribution is 5.75. The summed E-state index contributed by atoms with van der Waals surface area (Å²) in [5.41, 5.74) is 2.51. The number of hydrogen-bond donors (Lipinski definition) is 1. The molecule has 3 heterocycles. The van der Waals surface area contributed by atoms with Crippen LogP contribution < -0.4 is 15.1 Å². The quantitative estimate of drug-likeness (QED) is 0.894. The fraction of sp³-hybridized carbons (Fsp3) is 0.450. The Morgan fingerprint density at radius 3 is 2.19 bits per heavy atom. The summed E-state index contributed by atoms with van der Waals surface area (Å²) < 4.78 is 10.7. The maximum Gasteiger partial charge on any atom is 0.317 e. The van der Waals surface area contributed by atoms with Gasteiger partial charge in [-0.05, 0) is 24.3 Å². The summed E-state index contributed by atoms with van der Waals surface area (Å²) in [6.07, 6.45) is 1.62. The van der Waals surface area contributed by atoms with Crippen molar-refractivity contribution in [2.45, 2.75) is 6.54 Å². The van der Waals surface area contributed by atoms with Gasteiger partial charge in [-0.25, -0.2) is 4.79 Å². The van der Waals surface area contributed by atoms with E-state index in [1.165, 1.54) is 11.4 Å². The maximum absolute atomic E-state index is 12.4. The molecule has 0 unspecified atom stereocenters. The molecule has 0 spiro atoms. The molecule has 2 aliphatic rings. The van der Waals surface area contributed by atoms with E-state index in [1.54, 1.807) is 6.26 Å². The first kappa shape index (κ1) is 17.7. The molecule has 0 radical (unpaired) electrons. The van der Waals surface area contributed by atoms with Crippen LogP contribution in [-0.2, 0) is 11.3 Å². The van der Waals surface area contributed by atoms with Gasteiger partial charge < -0.3 is 29.2 Å². The van der Waals surface area contributed by atoms with Crippen molar-refractivity contribution in [2.24, 2.45) is 0 Å². The Hall–Kier alpha value is -2.67. The molecule has 0 aliphatic carbocycles. The number of benzene rings is 1. The van der Waals surface area contributed by atoms with Crippen molar-refractivity contribution in [3.8, 4) is 0 Å². The van der Waals surface area contributed by atoms with Gasteiger partial charge in [-0.1, -0.05) is 12.1 Å². The lowest BCUT2D eigenvalue weighted by Crippen LogP contribution is -2.52. The Morgan fingerprint density at radius 2 is 1.56 bits per heavy atom. The first-order chi connectivity index (χ1) is 13.3. The van der Waals surface area contributed by atoms with E-state index >= 15 is 0 Å². The number of hydrogen-bond acceptors (Lipinski definition) is 5. The number of nitrogens with zero attached hydrogens (tertiary/aromatic N) is 3. The van der Waals surface area contributed by atoms with Crippen LogP contribution >= 0.6 is 0 Å². The van der Waals surface area contributed by atoms with Crippen LogP contribution in [0.25, 0.3) is 0 Å². The lowest BCUT2D eigenvalue weighted by Gasteiger charge is -2.39. The molecule has 2 fully saturated rings. The van der Waals surface area contributed by atoms with Crippen molar-refractivity contribution in [3.63, 3.8) is 0 Å². The Labute approximate surface area is 159 Å². The molecular weight excluding hydrogens is 344 g/mol. The number of morpholine rings is 1. The van der Waals surface area contributed by atoms with Gasteiger partial charge in [0.25, 0.3) is 0 Å². The molecule has 2 amide bonds. The SMILES string of the molecule is O=C(NCc1ccco1)N1CCN(c2ccccc2N2CCOCC2)CC1. The minimum absolute atomic E-state index is 0.0347. The second-order valence-electron chi connectivity index (χ2n) is 6.80. The molecule has 2 saturated heterocycles. The van der Waals surface area contributed by atoms with E-state index in [0.717, 1.165) is 45.2 Å². The van der Waals surface area contributed by atoms with Crippen molar-refractivity contribution in [1.29, 1.82) is 0 Å². The number of carbonyl (C=O) groups excluding carboxylic acids is 1. The zero-order valence-electron chi connectivity index (χ0n) is 15.5. The fourth-order valence-corrected chi connectivity index (χ4v) is 3.64. The summed E-state index contributed by atoms with van der Waals surface area (Å²) in [5, 5.41) is 2.93. The highest BCUT2D eigenvalue weighted by Crippen LogP contribution is 2.30. The molecule has 144 valence electrons. The van der Waals surface area contributed by atoms with E-state index < -0.39 is 0 Å². The monoisotopic (exact) mass is 370 g/mol. The van der Waals surface area contributed by atoms with Crippen LogP contribution in [0.3, 0.4) is 0 Å². The molecule has 2 aromatic rings. The fourth-order valence-electron chi connectivity index (χ4n) is 3.64. The predicted octanol–water partition coefficient (Wildman–Crippen LogP) is 2.15. The largest absolute Gasteiger partial charge is 0.467 e. The summed E-state index contributed by atoms with van der Waals surface area (Å²) in [6.45, 7) is 6.90. The van der Waals surface area contributed by atoms with Gasteiger partial charge in [0.2, 0.25) is 0 Å². The number of ether oxygens (including phenoxy) is 1. The first-order valence-electron chi connectivity index (χ1n) is 9.53. The maximum atomic E-state index is 12.4. The van der Waals surface area contributed by atoms with Crippen molar-refractivity contribution in [1.82, 2.24) is 10.2 Å². The molecular formula is C20H26N4O3. The van der Waals surface area contributed by atoms with Crippen LogP contribution in [0.1, 0.15) is 5.76 Å². The van der Waals surface area contributed by atoms with Gasteiger partial charge in [0.1, 0.15) is 5.76 Å². The van der Waals surface area contributed by atoms with E-state index in [0.29, 0.717) is 19.6 Å². The molecule has 2 aliphatic heterocycles. The molecule has 27 heavy (non-hydrogen) atoms. The first-order valence-corrected chi connectivity index (χ1v) is 9.53. The summed E-state index contributed by atoms with van der Waals surface area (Å²) in [7, 11) is 0. The van der Waals surface area contributed by atoms with Gasteiger partial charge in [0.15, 0.2) is 0 Å². The number of urea groups is 1. The van der Waals surface area contributed by atoms with Crippen molar-refractivity contribution < 1.29 is 13.9 Å². The third-order valence-electron chi connectivity index (χ3n) is 5.14. The summed E-state index contributed by atoms with van der Waals surface area (Å²) >= 11 is 0. The highest BCUT2D eigenvalue weighted by atomic mass is 16.5. The van der Waals surface area contributed by atoms with Gasteiger partial charge in [-0.15, -0.1) is 0 Å². The lowest BCUT2D eigenvalue weighted by molar-refractivity contribution is 0.122. The number of amides is 2. The molecule has 0 saturated carbocycles. The molecule has 0 atom stereocenters. The number of nitrogens with one attached hydrogen (secondary N) is 1. The minimum atomic E-state index is -0.0347. The molecule has 4 rings (SSSR count). The van der Waals surface area contributed by atoms with E-state index in [1.807, 2.05) is 17.0 Å². The van der Waals surface area contributed by atoms with Crippen LogP contribution in [-0.4, -0.2) is 63.4 Å². The summed E-state index contributed by atoms with van der Waals surface area (Å²) in [6, 6.07) is 12.2. The molecule has 7 nitrogen and oxygen atoms in total. The van der Waals surface area contributed by atoms with E-state index in [9.17, 15) is 4.79 Å².